The average Bonchev–Trinajstić information content (AvgIpc) is 2.94. The molecule has 2 N–H and O–H groups in total. The second kappa shape index (κ2) is 5.80. The molecular weight excluding hydrogens is 220 g/mol. The molecule has 5 heteroatoms. The van der Waals surface area contributed by atoms with Crippen LogP contribution in [0.2, 0.25) is 0 Å². The van der Waals surface area contributed by atoms with Crippen LogP contribution in [-0.2, 0) is 14.3 Å². The zero-order valence-corrected chi connectivity index (χ0v) is 10.6. The molecule has 0 bridgehead atoms. The van der Waals surface area contributed by atoms with Gasteiger partial charge in [0.1, 0.15) is 0 Å². The molecule has 0 aliphatic carbocycles. The third-order valence-electron chi connectivity index (χ3n) is 3.86. The largest absolute Gasteiger partial charge is 0.379 e. The first-order valence-corrected chi connectivity index (χ1v) is 6.36. The van der Waals surface area contributed by atoms with E-state index in [-0.39, 0.29) is 24.0 Å². The second-order valence-electron chi connectivity index (χ2n) is 4.91. The van der Waals surface area contributed by atoms with Crippen molar-refractivity contribution in [1.29, 1.82) is 0 Å². The lowest BCUT2D eigenvalue weighted by Crippen LogP contribution is -2.44. The molecule has 2 aliphatic rings. The van der Waals surface area contributed by atoms with E-state index in [1.165, 1.54) is 0 Å². The molecule has 0 spiro atoms. The molecule has 4 unspecified atom stereocenters. The maximum atomic E-state index is 12.0. The number of nitrogens with one attached hydrogen (secondary N) is 2. The molecule has 1 amide bonds. The van der Waals surface area contributed by atoms with E-state index in [0.717, 1.165) is 13.0 Å². The molecule has 2 fully saturated rings. The average molecular weight is 242 g/mol. The Hall–Kier alpha value is -0.650. The Morgan fingerprint density at radius 3 is 2.88 bits per heavy atom. The fourth-order valence-corrected chi connectivity index (χ4v) is 2.50. The van der Waals surface area contributed by atoms with E-state index in [0.29, 0.717) is 25.7 Å². The summed E-state index contributed by atoms with van der Waals surface area (Å²) in [5.41, 5.74) is 0. The highest BCUT2D eigenvalue weighted by atomic mass is 16.5. The van der Waals surface area contributed by atoms with Gasteiger partial charge in [0.15, 0.2) is 0 Å². The van der Waals surface area contributed by atoms with Gasteiger partial charge in [0, 0.05) is 25.1 Å². The molecule has 0 saturated carbocycles. The maximum absolute atomic E-state index is 12.0. The summed E-state index contributed by atoms with van der Waals surface area (Å²) in [6.07, 6.45) is 1.30. The predicted octanol–water partition coefficient (Wildman–Crippen LogP) is -0.238. The highest BCUT2D eigenvalue weighted by Gasteiger charge is 2.33. The number of hydrogen-bond donors (Lipinski definition) is 2. The van der Waals surface area contributed by atoms with Gasteiger partial charge in [-0.15, -0.1) is 0 Å². The van der Waals surface area contributed by atoms with Crippen LogP contribution in [0.4, 0.5) is 0 Å². The van der Waals surface area contributed by atoms with Crippen LogP contribution in [0.5, 0.6) is 0 Å². The van der Waals surface area contributed by atoms with Crippen molar-refractivity contribution in [2.24, 2.45) is 11.8 Å². The van der Waals surface area contributed by atoms with Crippen LogP contribution in [0.25, 0.3) is 0 Å². The number of rotatable bonds is 4. The zero-order valence-electron chi connectivity index (χ0n) is 10.6. The number of ether oxygens (including phenoxy) is 2. The molecule has 0 aromatic rings. The van der Waals surface area contributed by atoms with Crippen molar-refractivity contribution >= 4 is 5.91 Å². The molecule has 0 aromatic carbocycles. The van der Waals surface area contributed by atoms with Crippen LogP contribution in [-0.4, -0.2) is 51.5 Å². The first kappa shape index (κ1) is 12.8. The molecule has 2 saturated heterocycles. The second-order valence-corrected chi connectivity index (χ2v) is 4.91. The summed E-state index contributed by atoms with van der Waals surface area (Å²) in [5, 5.41) is 6.14. The fraction of sp³-hybridized carbons (Fsp3) is 0.917. The number of likely N-dealkylation sites (N-methyl/N-ethyl adjacent to an activating group) is 1. The Labute approximate surface area is 102 Å². The van der Waals surface area contributed by atoms with Gasteiger partial charge in [0.2, 0.25) is 5.91 Å². The topological polar surface area (TPSA) is 59.6 Å². The van der Waals surface area contributed by atoms with Crippen LogP contribution in [0, 0.1) is 11.8 Å². The van der Waals surface area contributed by atoms with Gasteiger partial charge in [-0.25, -0.2) is 0 Å². The minimum atomic E-state index is -0.0578. The number of carbonyl (C=O) groups excluding carboxylic acids is 1. The van der Waals surface area contributed by atoms with Crippen molar-refractivity contribution in [1.82, 2.24) is 10.6 Å². The van der Waals surface area contributed by atoms with Crippen molar-refractivity contribution in [2.45, 2.75) is 25.5 Å². The van der Waals surface area contributed by atoms with Crippen LogP contribution < -0.4 is 10.6 Å². The lowest BCUT2D eigenvalue weighted by molar-refractivity contribution is -0.125. The number of carbonyl (C=O) groups is 1. The lowest BCUT2D eigenvalue weighted by atomic mass is 10.0. The molecule has 17 heavy (non-hydrogen) atoms. The molecule has 5 nitrogen and oxygen atoms in total. The van der Waals surface area contributed by atoms with E-state index in [4.69, 9.17) is 9.47 Å². The lowest BCUT2D eigenvalue weighted by Gasteiger charge is -2.19. The van der Waals surface area contributed by atoms with E-state index < -0.39 is 0 Å². The van der Waals surface area contributed by atoms with Crippen LogP contribution in [0.1, 0.15) is 13.3 Å². The highest BCUT2D eigenvalue weighted by molar-refractivity contribution is 5.79. The molecule has 0 aromatic heterocycles. The molecule has 2 heterocycles. The first-order chi connectivity index (χ1) is 8.22. The quantitative estimate of drug-likeness (QED) is 0.714. The van der Waals surface area contributed by atoms with Gasteiger partial charge in [-0.05, 0) is 20.4 Å². The predicted molar refractivity (Wildman–Crippen MR) is 63.7 cm³/mol. The van der Waals surface area contributed by atoms with E-state index in [9.17, 15) is 4.79 Å². The SMILES string of the molecule is CNC1COCC1C(=O)NCC1CCOC1C. The Bertz CT molecular complexity index is 272. The first-order valence-electron chi connectivity index (χ1n) is 6.36. The van der Waals surface area contributed by atoms with Gasteiger partial charge >= 0.3 is 0 Å². The minimum absolute atomic E-state index is 0.0578. The van der Waals surface area contributed by atoms with Crippen molar-refractivity contribution < 1.29 is 14.3 Å². The van der Waals surface area contributed by atoms with Gasteiger partial charge in [-0.1, -0.05) is 0 Å². The summed E-state index contributed by atoms with van der Waals surface area (Å²) in [5.74, 6) is 0.493. The van der Waals surface area contributed by atoms with Crippen molar-refractivity contribution in [2.75, 3.05) is 33.4 Å². The standard InChI is InChI=1S/C12H22N2O3/c1-8-9(3-4-17-8)5-14-12(15)10-6-16-7-11(10)13-2/h8-11,13H,3-7H2,1-2H3,(H,14,15). The van der Waals surface area contributed by atoms with Crippen LogP contribution in [0.3, 0.4) is 0 Å². The fourth-order valence-electron chi connectivity index (χ4n) is 2.50. The summed E-state index contributed by atoms with van der Waals surface area (Å²) in [6, 6.07) is 0.146. The number of hydrogen-bond acceptors (Lipinski definition) is 4. The van der Waals surface area contributed by atoms with Crippen molar-refractivity contribution in [3.8, 4) is 0 Å². The third-order valence-corrected chi connectivity index (χ3v) is 3.86. The van der Waals surface area contributed by atoms with Crippen LogP contribution in [0.15, 0.2) is 0 Å². The van der Waals surface area contributed by atoms with Crippen LogP contribution >= 0.6 is 0 Å². The van der Waals surface area contributed by atoms with Gasteiger partial charge in [0.25, 0.3) is 0 Å². The summed E-state index contributed by atoms with van der Waals surface area (Å²) in [4.78, 5) is 12.0. The highest BCUT2D eigenvalue weighted by Crippen LogP contribution is 2.20. The molecule has 98 valence electrons. The third kappa shape index (κ3) is 2.97. The van der Waals surface area contributed by atoms with Gasteiger partial charge in [-0.2, -0.15) is 0 Å². The van der Waals surface area contributed by atoms with Crippen molar-refractivity contribution in [3.63, 3.8) is 0 Å². The molecule has 4 atom stereocenters. The van der Waals surface area contributed by atoms with E-state index in [2.05, 4.69) is 17.6 Å². The summed E-state index contributed by atoms with van der Waals surface area (Å²) < 4.78 is 10.8. The molecule has 2 rings (SSSR count). The monoisotopic (exact) mass is 242 g/mol. The van der Waals surface area contributed by atoms with Gasteiger partial charge in [-0.3, -0.25) is 4.79 Å². The maximum Gasteiger partial charge on any atom is 0.227 e. The van der Waals surface area contributed by atoms with E-state index >= 15 is 0 Å². The summed E-state index contributed by atoms with van der Waals surface area (Å²) >= 11 is 0. The van der Waals surface area contributed by atoms with Gasteiger partial charge in [0.05, 0.1) is 25.2 Å². The van der Waals surface area contributed by atoms with E-state index in [1.54, 1.807) is 0 Å². The Morgan fingerprint density at radius 2 is 2.24 bits per heavy atom. The van der Waals surface area contributed by atoms with Gasteiger partial charge < -0.3 is 20.1 Å². The Morgan fingerprint density at radius 1 is 1.41 bits per heavy atom. The van der Waals surface area contributed by atoms with Crippen molar-refractivity contribution in [3.05, 3.63) is 0 Å². The smallest absolute Gasteiger partial charge is 0.227 e. The summed E-state index contributed by atoms with van der Waals surface area (Å²) in [6.45, 7) is 4.74. The number of amides is 1. The zero-order chi connectivity index (χ0) is 12.3. The molecule has 0 radical (unpaired) electrons. The Balaban J connectivity index is 1.77. The minimum Gasteiger partial charge on any atom is -0.379 e. The van der Waals surface area contributed by atoms with E-state index in [1.807, 2.05) is 7.05 Å². The normalized spacial score (nSPS) is 37.3. The summed E-state index contributed by atoms with van der Waals surface area (Å²) in [7, 11) is 1.87. The molecular formula is C12H22N2O3. The molecule has 2 aliphatic heterocycles. The Kier molecular flexibility index (Phi) is 4.36.